The number of nitrogens with zero attached hydrogens (tertiary/aromatic N) is 1. The molecule has 3 atom stereocenters. The molecular formula is C20H31NO. The number of hydrogen-bond donors (Lipinski definition) is 0. The molecule has 1 unspecified atom stereocenters. The van der Waals surface area contributed by atoms with Crippen molar-refractivity contribution in [1.29, 1.82) is 0 Å². The minimum Gasteiger partial charge on any atom is -0.497 e. The molecule has 1 aromatic rings. The molecule has 1 aromatic carbocycles. The van der Waals surface area contributed by atoms with Crippen LogP contribution < -0.4 is 4.74 Å². The van der Waals surface area contributed by atoms with Gasteiger partial charge in [0.15, 0.2) is 0 Å². The molecule has 0 amide bonds. The van der Waals surface area contributed by atoms with E-state index in [9.17, 15) is 0 Å². The molecule has 2 heteroatoms. The van der Waals surface area contributed by atoms with Crippen LogP contribution in [0.5, 0.6) is 5.75 Å². The molecule has 1 saturated carbocycles. The maximum Gasteiger partial charge on any atom is 0.119 e. The molecule has 0 aliphatic heterocycles. The molecule has 0 saturated heterocycles. The van der Waals surface area contributed by atoms with Crippen LogP contribution in [0.15, 0.2) is 18.2 Å². The van der Waals surface area contributed by atoms with Crippen LogP contribution in [-0.4, -0.2) is 31.6 Å². The maximum atomic E-state index is 5.53. The largest absolute Gasteiger partial charge is 0.497 e. The van der Waals surface area contributed by atoms with Crippen LogP contribution >= 0.6 is 0 Å². The summed E-state index contributed by atoms with van der Waals surface area (Å²) in [5.41, 5.74) is 3.53. The Labute approximate surface area is 135 Å². The lowest BCUT2D eigenvalue weighted by Crippen LogP contribution is -2.54. The summed E-state index contributed by atoms with van der Waals surface area (Å²) in [6.45, 7) is 5.84. The summed E-state index contributed by atoms with van der Waals surface area (Å²) in [4.78, 5) is 2.59. The van der Waals surface area contributed by atoms with Gasteiger partial charge >= 0.3 is 0 Å². The van der Waals surface area contributed by atoms with E-state index in [-0.39, 0.29) is 0 Å². The molecule has 0 heterocycles. The third kappa shape index (κ3) is 2.36. The van der Waals surface area contributed by atoms with E-state index in [0.717, 1.165) is 18.2 Å². The van der Waals surface area contributed by atoms with Crippen LogP contribution in [0.1, 0.15) is 57.1 Å². The van der Waals surface area contributed by atoms with Crippen molar-refractivity contribution >= 4 is 0 Å². The Morgan fingerprint density at radius 1 is 1.27 bits per heavy atom. The van der Waals surface area contributed by atoms with Gasteiger partial charge in [-0.05, 0) is 73.9 Å². The number of methoxy groups -OCH3 is 1. The van der Waals surface area contributed by atoms with Gasteiger partial charge < -0.3 is 9.64 Å². The lowest BCUT2D eigenvalue weighted by Gasteiger charge is -2.54. The summed E-state index contributed by atoms with van der Waals surface area (Å²) in [6, 6.07) is 7.52. The Bertz CT molecular complexity index is 526. The van der Waals surface area contributed by atoms with Gasteiger partial charge in [0.05, 0.1) is 7.11 Å². The molecule has 0 radical (unpaired) electrons. The summed E-state index contributed by atoms with van der Waals surface area (Å²) in [5, 5.41) is 0. The minimum atomic E-state index is 0.370. The molecule has 0 spiro atoms. The molecule has 3 rings (SSSR count). The van der Waals surface area contributed by atoms with Crippen LogP contribution in [0, 0.1) is 5.92 Å². The van der Waals surface area contributed by atoms with E-state index in [1.54, 1.807) is 18.2 Å². The van der Waals surface area contributed by atoms with Crippen LogP contribution in [0.25, 0.3) is 0 Å². The fraction of sp³-hybridized carbons (Fsp3) is 0.700. The van der Waals surface area contributed by atoms with Crippen LogP contribution in [0.3, 0.4) is 0 Å². The Kier molecular flexibility index (Phi) is 4.49. The SMILES string of the molecule is CCN(C)[C@H]1Cc2ccc(OC)cc2[C@]2(CC)CCCCC12. The zero-order valence-electron chi connectivity index (χ0n) is 14.7. The van der Waals surface area contributed by atoms with E-state index in [1.165, 1.54) is 38.5 Å². The molecule has 1 fully saturated rings. The third-order valence-corrected chi connectivity index (χ3v) is 6.54. The third-order valence-electron chi connectivity index (χ3n) is 6.54. The number of benzene rings is 1. The van der Waals surface area contributed by atoms with Crippen LogP contribution in [-0.2, 0) is 11.8 Å². The van der Waals surface area contributed by atoms with Crippen LogP contribution in [0.2, 0.25) is 0 Å². The zero-order chi connectivity index (χ0) is 15.7. The quantitative estimate of drug-likeness (QED) is 0.817. The van der Waals surface area contributed by atoms with Crippen molar-refractivity contribution in [2.75, 3.05) is 20.7 Å². The van der Waals surface area contributed by atoms with E-state index in [2.05, 4.69) is 44.0 Å². The minimum absolute atomic E-state index is 0.370. The van der Waals surface area contributed by atoms with Crippen molar-refractivity contribution in [3.8, 4) is 5.75 Å². The lowest BCUT2D eigenvalue weighted by atomic mass is 9.54. The van der Waals surface area contributed by atoms with Gasteiger partial charge in [0.25, 0.3) is 0 Å². The smallest absolute Gasteiger partial charge is 0.119 e. The predicted octanol–water partition coefficient (Wildman–Crippen LogP) is 4.41. The van der Waals surface area contributed by atoms with Crippen molar-refractivity contribution < 1.29 is 4.74 Å². The fourth-order valence-corrected chi connectivity index (χ4v) is 5.18. The molecule has 0 aromatic heterocycles. The second kappa shape index (κ2) is 6.23. The highest BCUT2D eigenvalue weighted by atomic mass is 16.5. The van der Waals surface area contributed by atoms with Gasteiger partial charge in [-0.15, -0.1) is 0 Å². The monoisotopic (exact) mass is 301 g/mol. The van der Waals surface area contributed by atoms with Crippen molar-refractivity contribution in [2.45, 2.75) is 63.8 Å². The van der Waals surface area contributed by atoms with Gasteiger partial charge in [-0.2, -0.15) is 0 Å². The van der Waals surface area contributed by atoms with Gasteiger partial charge in [0.1, 0.15) is 5.75 Å². The summed E-state index contributed by atoms with van der Waals surface area (Å²) >= 11 is 0. The Hall–Kier alpha value is -1.02. The van der Waals surface area contributed by atoms with E-state index in [4.69, 9.17) is 4.74 Å². The number of hydrogen-bond acceptors (Lipinski definition) is 2. The number of likely N-dealkylation sites (N-methyl/N-ethyl adjacent to an activating group) is 1. The van der Waals surface area contributed by atoms with Gasteiger partial charge in [-0.1, -0.05) is 32.8 Å². The first-order valence-corrected chi connectivity index (χ1v) is 9.04. The zero-order valence-corrected chi connectivity index (χ0v) is 14.7. The van der Waals surface area contributed by atoms with Crippen molar-refractivity contribution in [3.05, 3.63) is 29.3 Å². The number of fused-ring (bicyclic) bond motifs is 3. The van der Waals surface area contributed by atoms with Gasteiger partial charge in [0.2, 0.25) is 0 Å². The molecular weight excluding hydrogens is 270 g/mol. The number of ether oxygens (including phenoxy) is 1. The highest BCUT2D eigenvalue weighted by Gasteiger charge is 2.49. The highest BCUT2D eigenvalue weighted by Crippen LogP contribution is 2.53. The first-order valence-electron chi connectivity index (χ1n) is 9.04. The van der Waals surface area contributed by atoms with Gasteiger partial charge in [-0.3, -0.25) is 0 Å². The predicted molar refractivity (Wildman–Crippen MR) is 92.7 cm³/mol. The molecule has 0 bridgehead atoms. The van der Waals surface area contributed by atoms with Crippen molar-refractivity contribution in [3.63, 3.8) is 0 Å². The topological polar surface area (TPSA) is 12.5 Å². The summed E-state index contributed by atoms with van der Waals surface area (Å²) in [6.07, 6.45) is 7.98. The summed E-state index contributed by atoms with van der Waals surface area (Å²) < 4.78 is 5.53. The molecule has 122 valence electrons. The summed E-state index contributed by atoms with van der Waals surface area (Å²) in [5.74, 6) is 1.83. The van der Waals surface area contributed by atoms with E-state index < -0.39 is 0 Å². The first kappa shape index (κ1) is 15.9. The van der Waals surface area contributed by atoms with Gasteiger partial charge in [-0.25, -0.2) is 0 Å². The van der Waals surface area contributed by atoms with Crippen molar-refractivity contribution in [2.24, 2.45) is 5.92 Å². The summed E-state index contributed by atoms with van der Waals surface area (Å²) in [7, 11) is 4.10. The van der Waals surface area contributed by atoms with Crippen molar-refractivity contribution in [1.82, 2.24) is 4.90 Å². The van der Waals surface area contributed by atoms with E-state index in [0.29, 0.717) is 11.5 Å². The standard InChI is InChI=1S/C20H31NO/c1-5-20-12-8-7-9-17(20)19(21(3)6-2)13-15-10-11-16(22-4)14-18(15)20/h10-11,14,17,19H,5-9,12-13H2,1-4H3/t17?,19-,20+/m0/s1. The maximum absolute atomic E-state index is 5.53. The lowest BCUT2D eigenvalue weighted by molar-refractivity contribution is 0.0583. The Morgan fingerprint density at radius 3 is 2.77 bits per heavy atom. The normalized spacial score (nSPS) is 30.8. The first-order chi connectivity index (χ1) is 10.7. The van der Waals surface area contributed by atoms with E-state index in [1.807, 2.05) is 0 Å². The molecule has 2 nitrogen and oxygen atoms in total. The molecule has 2 aliphatic carbocycles. The molecule has 2 aliphatic rings. The second-order valence-electron chi connectivity index (χ2n) is 7.23. The Balaban J connectivity index is 2.11. The highest BCUT2D eigenvalue weighted by molar-refractivity contribution is 5.44. The average molecular weight is 301 g/mol. The van der Waals surface area contributed by atoms with Crippen LogP contribution in [0.4, 0.5) is 0 Å². The average Bonchev–Trinajstić information content (AvgIpc) is 2.59. The molecule has 22 heavy (non-hydrogen) atoms. The van der Waals surface area contributed by atoms with E-state index >= 15 is 0 Å². The fourth-order valence-electron chi connectivity index (χ4n) is 5.18. The van der Waals surface area contributed by atoms with Gasteiger partial charge in [0, 0.05) is 6.04 Å². The second-order valence-corrected chi connectivity index (χ2v) is 7.23. The number of rotatable bonds is 4. The Morgan fingerprint density at radius 2 is 2.09 bits per heavy atom. The molecule has 0 N–H and O–H groups in total.